The largest absolute Gasteiger partial charge is 0.462 e. The van der Waals surface area contributed by atoms with Gasteiger partial charge >= 0.3 is 5.97 Å². The molecule has 2 aromatic carbocycles. The van der Waals surface area contributed by atoms with Crippen molar-refractivity contribution in [2.24, 2.45) is 0 Å². The standard InChI is InChI=1S/C24H24ClN3O3/c1-3-5-20-22(24(30)31-4-2)23(26)18-14-17(11-12-19(18)28-20)27-21(29)13-8-15-6-9-16(25)10-7-15/h6-14H,3-5H2,1-2H3,(H2,26,28)(H,27,29)/b13-8+. The van der Waals surface area contributed by atoms with E-state index < -0.39 is 5.97 Å². The van der Waals surface area contributed by atoms with Crippen molar-refractivity contribution in [1.29, 1.82) is 0 Å². The van der Waals surface area contributed by atoms with Crippen molar-refractivity contribution in [3.8, 4) is 0 Å². The maximum Gasteiger partial charge on any atom is 0.342 e. The van der Waals surface area contributed by atoms with Crippen LogP contribution in [0.2, 0.25) is 5.02 Å². The first-order valence-electron chi connectivity index (χ1n) is 10.1. The molecular formula is C24H24ClN3O3. The summed E-state index contributed by atoms with van der Waals surface area (Å²) >= 11 is 5.87. The topological polar surface area (TPSA) is 94.3 Å². The summed E-state index contributed by atoms with van der Waals surface area (Å²) in [6.45, 7) is 4.00. The molecule has 0 spiro atoms. The molecule has 0 unspecified atom stereocenters. The maximum atomic E-state index is 12.5. The molecule has 1 aromatic heterocycles. The van der Waals surface area contributed by atoms with Crippen LogP contribution in [0.4, 0.5) is 11.4 Å². The number of carbonyl (C=O) groups excluding carboxylic acids is 2. The Bertz CT molecular complexity index is 1140. The lowest BCUT2D eigenvalue weighted by Gasteiger charge is -2.14. The number of halogens is 1. The van der Waals surface area contributed by atoms with Gasteiger partial charge in [-0.05, 0) is 55.3 Å². The third-order valence-corrected chi connectivity index (χ3v) is 4.88. The molecule has 0 saturated heterocycles. The summed E-state index contributed by atoms with van der Waals surface area (Å²) in [7, 11) is 0. The number of fused-ring (bicyclic) bond motifs is 1. The molecule has 6 nitrogen and oxygen atoms in total. The van der Waals surface area contributed by atoms with Crippen LogP contribution in [0, 0.1) is 0 Å². The Hall–Kier alpha value is -3.38. The van der Waals surface area contributed by atoms with Gasteiger partial charge in [0, 0.05) is 22.2 Å². The quantitative estimate of drug-likeness (QED) is 0.388. The highest BCUT2D eigenvalue weighted by atomic mass is 35.5. The zero-order chi connectivity index (χ0) is 22.4. The van der Waals surface area contributed by atoms with Gasteiger partial charge in [0.1, 0.15) is 5.56 Å². The van der Waals surface area contributed by atoms with Gasteiger partial charge in [-0.2, -0.15) is 0 Å². The summed E-state index contributed by atoms with van der Waals surface area (Å²) in [5, 5.41) is 4.02. The number of hydrogen-bond donors (Lipinski definition) is 2. The Morgan fingerprint density at radius 1 is 1.16 bits per heavy atom. The van der Waals surface area contributed by atoms with E-state index in [4.69, 9.17) is 22.1 Å². The van der Waals surface area contributed by atoms with Crippen molar-refractivity contribution in [1.82, 2.24) is 4.98 Å². The molecular weight excluding hydrogens is 414 g/mol. The second-order valence-corrected chi connectivity index (χ2v) is 7.36. The summed E-state index contributed by atoms with van der Waals surface area (Å²) in [5.74, 6) is -0.785. The van der Waals surface area contributed by atoms with Crippen molar-refractivity contribution in [3.05, 3.63) is 70.4 Å². The number of rotatable bonds is 7. The molecule has 31 heavy (non-hydrogen) atoms. The number of esters is 1. The molecule has 0 saturated carbocycles. The molecule has 1 heterocycles. The summed E-state index contributed by atoms with van der Waals surface area (Å²) in [5.41, 5.74) is 9.63. The van der Waals surface area contributed by atoms with E-state index in [0.29, 0.717) is 45.0 Å². The lowest BCUT2D eigenvalue weighted by molar-refractivity contribution is -0.111. The molecule has 0 atom stereocenters. The highest BCUT2D eigenvalue weighted by molar-refractivity contribution is 6.30. The van der Waals surface area contributed by atoms with Crippen molar-refractivity contribution < 1.29 is 14.3 Å². The highest BCUT2D eigenvalue weighted by Crippen LogP contribution is 2.30. The number of nitrogen functional groups attached to an aromatic ring is 1. The van der Waals surface area contributed by atoms with Gasteiger partial charge in [-0.15, -0.1) is 0 Å². The number of pyridine rings is 1. The van der Waals surface area contributed by atoms with Gasteiger partial charge in [-0.25, -0.2) is 4.79 Å². The molecule has 160 valence electrons. The summed E-state index contributed by atoms with van der Waals surface area (Å²) < 4.78 is 5.17. The van der Waals surface area contributed by atoms with Crippen LogP contribution in [0.1, 0.15) is 41.9 Å². The van der Waals surface area contributed by atoms with E-state index in [9.17, 15) is 9.59 Å². The molecule has 0 bridgehead atoms. The Morgan fingerprint density at radius 2 is 1.90 bits per heavy atom. The number of benzene rings is 2. The number of nitrogens with zero attached hydrogens (tertiary/aromatic N) is 1. The van der Waals surface area contributed by atoms with Crippen LogP contribution >= 0.6 is 11.6 Å². The average molecular weight is 438 g/mol. The lowest BCUT2D eigenvalue weighted by Crippen LogP contribution is -2.14. The SMILES string of the molecule is CCCc1nc2ccc(NC(=O)/C=C/c3ccc(Cl)cc3)cc2c(N)c1C(=O)OCC. The Labute approximate surface area is 186 Å². The van der Waals surface area contributed by atoms with Gasteiger partial charge in [0.05, 0.1) is 23.5 Å². The third kappa shape index (κ3) is 5.41. The molecule has 0 aliphatic carbocycles. The number of hydrogen-bond acceptors (Lipinski definition) is 5. The van der Waals surface area contributed by atoms with Gasteiger partial charge < -0.3 is 15.8 Å². The smallest absolute Gasteiger partial charge is 0.342 e. The van der Waals surface area contributed by atoms with E-state index in [2.05, 4.69) is 10.3 Å². The van der Waals surface area contributed by atoms with E-state index in [1.54, 1.807) is 43.3 Å². The first-order valence-corrected chi connectivity index (χ1v) is 10.4. The number of amides is 1. The highest BCUT2D eigenvalue weighted by Gasteiger charge is 2.20. The van der Waals surface area contributed by atoms with E-state index in [1.807, 2.05) is 19.1 Å². The number of aromatic nitrogens is 1. The number of anilines is 2. The minimum Gasteiger partial charge on any atom is -0.462 e. The predicted molar refractivity (Wildman–Crippen MR) is 125 cm³/mol. The van der Waals surface area contributed by atoms with Gasteiger partial charge in [-0.1, -0.05) is 37.1 Å². The first-order chi connectivity index (χ1) is 14.9. The zero-order valence-electron chi connectivity index (χ0n) is 17.4. The Balaban J connectivity index is 1.89. The number of aryl methyl sites for hydroxylation is 1. The number of nitrogens with two attached hydrogens (primary N) is 1. The van der Waals surface area contributed by atoms with Crippen LogP contribution in [0.5, 0.6) is 0 Å². The zero-order valence-corrected chi connectivity index (χ0v) is 18.2. The van der Waals surface area contributed by atoms with E-state index >= 15 is 0 Å². The Kier molecular flexibility index (Phi) is 7.26. The summed E-state index contributed by atoms with van der Waals surface area (Å²) in [6.07, 6.45) is 4.56. The molecule has 3 N–H and O–H groups in total. The van der Waals surface area contributed by atoms with Gasteiger partial charge in [-0.3, -0.25) is 9.78 Å². The first kappa shape index (κ1) is 22.3. The van der Waals surface area contributed by atoms with Crippen LogP contribution in [0.25, 0.3) is 17.0 Å². The normalized spacial score (nSPS) is 11.1. The molecule has 0 fully saturated rings. The molecule has 0 radical (unpaired) electrons. The summed E-state index contributed by atoms with van der Waals surface area (Å²) in [4.78, 5) is 29.4. The number of carbonyl (C=O) groups is 2. The second kappa shape index (κ2) is 10.1. The lowest BCUT2D eigenvalue weighted by atomic mass is 10.0. The van der Waals surface area contributed by atoms with E-state index in [0.717, 1.165) is 12.0 Å². The minimum atomic E-state index is -0.488. The van der Waals surface area contributed by atoms with Crippen LogP contribution in [0.3, 0.4) is 0 Å². The fourth-order valence-corrected chi connectivity index (χ4v) is 3.32. The molecule has 7 heteroatoms. The van der Waals surface area contributed by atoms with E-state index in [-0.39, 0.29) is 12.5 Å². The van der Waals surface area contributed by atoms with Crippen LogP contribution in [-0.4, -0.2) is 23.5 Å². The van der Waals surface area contributed by atoms with Crippen LogP contribution < -0.4 is 11.1 Å². The molecule has 1 amide bonds. The van der Waals surface area contributed by atoms with E-state index in [1.165, 1.54) is 6.08 Å². The molecule has 3 aromatic rings. The van der Waals surface area contributed by atoms with Gasteiger partial charge in [0.25, 0.3) is 0 Å². The minimum absolute atomic E-state index is 0.248. The predicted octanol–water partition coefficient (Wildman–Crippen LogP) is 5.25. The summed E-state index contributed by atoms with van der Waals surface area (Å²) in [6, 6.07) is 12.4. The average Bonchev–Trinajstić information content (AvgIpc) is 2.74. The third-order valence-electron chi connectivity index (χ3n) is 4.63. The van der Waals surface area contributed by atoms with Crippen LogP contribution in [0.15, 0.2) is 48.5 Å². The monoisotopic (exact) mass is 437 g/mol. The van der Waals surface area contributed by atoms with Gasteiger partial charge in [0.2, 0.25) is 5.91 Å². The van der Waals surface area contributed by atoms with Crippen molar-refractivity contribution in [2.75, 3.05) is 17.7 Å². The fourth-order valence-electron chi connectivity index (χ4n) is 3.20. The Morgan fingerprint density at radius 3 is 2.58 bits per heavy atom. The molecule has 0 aliphatic heterocycles. The number of ether oxygens (including phenoxy) is 1. The van der Waals surface area contributed by atoms with Gasteiger partial charge in [0.15, 0.2) is 0 Å². The fraction of sp³-hybridized carbons (Fsp3) is 0.208. The number of nitrogens with one attached hydrogen (secondary N) is 1. The van der Waals surface area contributed by atoms with Crippen LogP contribution in [-0.2, 0) is 16.0 Å². The second-order valence-electron chi connectivity index (χ2n) is 6.92. The maximum absolute atomic E-state index is 12.5. The van der Waals surface area contributed by atoms with Crippen molar-refractivity contribution in [3.63, 3.8) is 0 Å². The molecule has 3 rings (SSSR count). The van der Waals surface area contributed by atoms with Crippen molar-refractivity contribution in [2.45, 2.75) is 26.7 Å². The van der Waals surface area contributed by atoms with Crippen molar-refractivity contribution >= 4 is 51.8 Å². The molecule has 0 aliphatic rings.